The van der Waals surface area contributed by atoms with Crippen molar-refractivity contribution >= 4 is 0 Å². The molecule has 23 heavy (non-hydrogen) atoms. The van der Waals surface area contributed by atoms with E-state index in [1.165, 1.54) is 6.07 Å². The number of ether oxygens (including phenoxy) is 1. The second-order valence-corrected chi connectivity index (χ2v) is 5.03. The summed E-state index contributed by atoms with van der Waals surface area (Å²) in [5.41, 5.74) is -0.713. The topological polar surface area (TPSA) is 9.23 Å². The SMILES string of the molecule is CCc1ccc(OC(F)(F)c2c(F)cc(CC)cc2F)c(F)c1. The van der Waals surface area contributed by atoms with Crippen LogP contribution in [0.2, 0.25) is 0 Å². The van der Waals surface area contributed by atoms with Crippen LogP contribution in [0.5, 0.6) is 5.75 Å². The molecule has 0 saturated heterocycles. The maximum atomic E-state index is 14.1. The van der Waals surface area contributed by atoms with Crippen LogP contribution in [0.15, 0.2) is 30.3 Å². The normalized spacial score (nSPS) is 11.6. The van der Waals surface area contributed by atoms with Gasteiger partial charge in [0, 0.05) is 0 Å². The quantitative estimate of drug-likeness (QED) is 0.671. The minimum atomic E-state index is -4.34. The van der Waals surface area contributed by atoms with E-state index >= 15 is 0 Å². The average Bonchev–Trinajstić information content (AvgIpc) is 2.47. The largest absolute Gasteiger partial charge is 0.432 e. The number of rotatable bonds is 5. The molecule has 2 aromatic carbocycles. The molecule has 124 valence electrons. The van der Waals surface area contributed by atoms with Crippen LogP contribution in [0.25, 0.3) is 0 Å². The van der Waals surface area contributed by atoms with Crippen molar-refractivity contribution in [3.8, 4) is 5.75 Å². The van der Waals surface area contributed by atoms with Crippen molar-refractivity contribution in [2.75, 3.05) is 0 Å². The summed E-state index contributed by atoms with van der Waals surface area (Å²) in [6.45, 7) is 3.40. The van der Waals surface area contributed by atoms with Crippen molar-refractivity contribution in [3.05, 3.63) is 64.5 Å². The lowest BCUT2D eigenvalue weighted by molar-refractivity contribution is -0.191. The van der Waals surface area contributed by atoms with Crippen LogP contribution in [0.1, 0.15) is 30.5 Å². The lowest BCUT2D eigenvalue weighted by atomic mass is 10.1. The average molecular weight is 330 g/mol. The molecule has 0 bridgehead atoms. The summed E-state index contributed by atoms with van der Waals surface area (Å²) in [4.78, 5) is 0. The van der Waals surface area contributed by atoms with Crippen molar-refractivity contribution < 1.29 is 26.7 Å². The standard InChI is InChI=1S/C17H15F5O/c1-3-10-5-6-15(12(18)7-10)23-17(21,22)16-13(19)8-11(4-2)9-14(16)20/h5-9H,3-4H2,1-2H3. The summed E-state index contributed by atoms with van der Waals surface area (Å²) in [5, 5.41) is 0. The lowest BCUT2D eigenvalue weighted by Crippen LogP contribution is -2.26. The zero-order valence-electron chi connectivity index (χ0n) is 12.6. The van der Waals surface area contributed by atoms with Crippen molar-refractivity contribution in [3.63, 3.8) is 0 Å². The summed E-state index contributed by atoms with van der Waals surface area (Å²) in [7, 11) is 0. The van der Waals surface area contributed by atoms with Gasteiger partial charge in [0.1, 0.15) is 17.2 Å². The number of halogens is 5. The Hall–Kier alpha value is -2.11. The van der Waals surface area contributed by atoms with Gasteiger partial charge in [-0.3, -0.25) is 0 Å². The Morgan fingerprint density at radius 3 is 1.83 bits per heavy atom. The number of alkyl halides is 2. The van der Waals surface area contributed by atoms with E-state index in [1.54, 1.807) is 13.8 Å². The number of hydrogen-bond donors (Lipinski definition) is 0. The second kappa shape index (κ2) is 6.56. The van der Waals surface area contributed by atoms with Crippen LogP contribution in [0.3, 0.4) is 0 Å². The Morgan fingerprint density at radius 1 is 0.826 bits per heavy atom. The molecule has 0 heterocycles. The number of hydrogen-bond acceptors (Lipinski definition) is 1. The number of aryl methyl sites for hydroxylation is 2. The minimum absolute atomic E-state index is 0.234. The molecule has 2 rings (SSSR count). The van der Waals surface area contributed by atoms with Crippen LogP contribution in [0.4, 0.5) is 22.0 Å². The minimum Gasteiger partial charge on any atom is -0.426 e. The molecular weight excluding hydrogens is 315 g/mol. The van der Waals surface area contributed by atoms with E-state index in [1.807, 2.05) is 0 Å². The highest BCUT2D eigenvalue weighted by molar-refractivity contribution is 5.32. The number of benzene rings is 2. The molecule has 0 aromatic heterocycles. The molecule has 0 amide bonds. The van der Waals surface area contributed by atoms with Crippen LogP contribution in [-0.2, 0) is 19.0 Å². The predicted molar refractivity (Wildman–Crippen MR) is 76.0 cm³/mol. The first kappa shape index (κ1) is 17.2. The third kappa shape index (κ3) is 3.63. The Morgan fingerprint density at radius 2 is 1.35 bits per heavy atom. The first-order valence-corrected chi connectivity index (χ1v) is 7.12. The van der Waals surface area contributed by atoms with Crippen molar-refractivity contribution in [1.29, 1.82) is 0 Å². The van der Waals surface area contributed by atoms with Crippen molar-refractivity contribution in [2.45, 2.75) is 32.8 Å². The summed E-state index contributed by atoms with van der Waals surface area (Å²) >= 11 is 0. The zero-order chi connectivity index (χ0) is 17.2. The van der Waals surface area contributed by atoms with Gasteiger partial charge in [-0.1, -0.05) is 19.9 Å². The van der Waals surface area contributed by atoms with E-state index in [4.69, 9.17) is 0 Å². The van der Waals surface area contributed by atoms with E-state index in [9.17, 15) is 22.0 Å². The van der Waals surface area contributed by atoms with Gasteiger partial charge < -0.3 is 4.74 Å². The molecule has 0 aliphatic rings. The molecule has 0 radical (unpaired) electrons. The first-order chi connectivity index (χ1) is 10.8. The Balaban J connectivity index is 2.39. The van der Waals surface area contributed by atoms with Gasteiger partial charge in [0.05, 0.1) is 0 Å². The molecule has 0 aliphatic heterocycles. The van der Waals surface area contributed by atoms with E-state index in [0.717, 1.165) is 24.3 Å². The third-order valence-corrected chi connectivity index (χ3v) is 3.44. The van der Waals surface area contributed by atoms with Gasteiger partial charge in [-0.2, -0.15) is 8.78 Å². The van der Waals surface area contributed by atoms with Crippen LogP contribution in [-0.4, -0.2) is 0 Å². The van der Waals surface area contributed by atoms with Crippen LogP contribution in [0, 0.1) is 17.5 Å². The van der Waals surface area contributed by atoms with Gasteiger partial charge in [0.15, 0.2) is 11.6 Å². The van der Waals surface area contributed by atoms with E-state index in [0.29, 0.717) is 12.0 Å². The molecule has 0 atom stereocenters. The van der Waals surface area contributed by atoms with Crippen LogP contribution >= 0.6 is 0 Å². The first-order valence-electron chi connectivity index (χ1n) is 7.12. The molecule has 0 aliphatic carbocycles. The molecule has 1 nitrogen and oxygen atoms in total. The van der Waals surface area contributed by atoms with Gasteiger partial charge in [-0.05, 0) is 48.2 Å². The fraction of sp³-hybridized carbons (Fsp3) is 0.294. The lowest BCUT2D eigenvalue weighted by Gasteiger charge is -2.20. The maximum Gasteiger partial charge on any atom is 0.432 e. The molecule has 0 saturated carbocycles. The molecular formula is C17H15F5O. The smallest absolute Gasteiger partial charge is 0.426 e. The predicted octanol–water partition coefficient (Wildman–Crippen LogP) is 5.36. The molecule has 0 unspecified atom stereocenters. The Bertz CT molecular complexity index is 689. The monoisotopic (exact) mass is 330 g/mol. The fourth-order valence-electron chi connectivity index (χ4n) is 2.14. The highest BCUT2D eigenvalue weighted by atomic mass is 19.3. The summed E-state index contributed by atoms with van der Waals surface area (Å²) in [6.07, 6.45) is -3.54. The maximum absolute atomic E-state index is 14.1. The molecule has 6 heteroatoms. The summed E-state index contributed by atoms with van der Waals surface area (Å²) < 4.78 is 73.9. The molecule has 0 N–H and O–H groups in total. The highest BCUT2D eigenvalue weighted by Gasteiger charge is 2.41. The molecule has 0 fully saturated rings. The molecule has 0 spiro atoms. The Kier molecular flexibility index (Phi) is 4.92. The van der Waals surface area contributed by atoms with Crippen LogP contribution < -0.4 is 4.74 Å². The van der Waals surface area contributed by atoms with E-state index in [2.05, 4.69) is 4.74 Å². The van der Waals surface area contributed by atoms with E-state index < -0.39 is 34.9 Å². The van der Waals surface area contributed by atoms with Gasteiger partial charge in [0.25, 0.3) is 0 Å². The van der Waals surface area contributed by atoms with Gasteiger partial charge in [-0.15, -0.1) is 0 Å². The third-order valence-electron chi connectivity index (χ3n) is 3.44. The van der Waals surface area contributed by atoms with E-state index in [-0.39, 0.29) is 12.0 Å². The fourth-order valence-corrected chi connectivity index (χ4v) is 2.14. The Labute approximate surface area is 130 Å². The van der Waals surface area contributed by atoms with Gasteiger partial charge >= 0.3 is 6.11 Å². The molecule has 2 aromatic rings. The second-order valence-electron chi connectivity index (χ2n) is 5.03. The van der Waals surface area contributed by atoms with Crippen molar-refractivity contribution in [2.24, 2.45) is 0 Å². The van der Waals surface area contributed by atoms with Crippen molar-refractivity contribution in [1.82, 2.24) is 0 Å². The summed E-state index contributed by atoms with van der Waals surface area (Å²) in [5.74, 6) is -4.66. The summed E-state index contributed by atoms with van der Waals surface area (Å²) in [6, 6.07) is 5.08. The van der Waals surface area contributed by atoms with Gasteiger partial charge in [-0.25, -0.2) is 13.2 Å². The van der Waals surface area contributed by atoms with Gasteiger partial charge in [0.2, 0.25) is 0 Å². The highest BCUT2D eigenvalue weighted by Crippen LogP contribution is 2.36. The zero-order valence-corrected chi connectivity index (χ0v) is 12.6.